The molecule has 0 radical (unpaired) electrons. The molecule has 172 valence electrons. The Morgan fingerprint density at radius 2 is 1.94 bits per heavy atom. The summed E-state index contributed by atoms with van der Waals surface area (Å²) in [5.74, 6) is 0.456. The van der Waals surface area contributed by atoms with Crippen molar-refractivity contribution in [2.45, 2.75) is 58.9 Å². The Morgan fingerprint density at radius 1 is 1.15 bits per heavy atom. The van der Waals surface area contributed by atoms with Crippen LogP contribution in [0.15, 0.2) is 44.9 Å². The molecule has 4 aromatic rings. The maximum absolute atomic E-state index is 13.7. The van der Waals surface area contributed by atoms with Crippen LogP contribution in [0.25, 0.3) is 11.5 Å². The molecule has 0 aliphatic carbocycles. The van der Waals surface area contributed by atoms with Gasteiger partial charge in [-0.15, -0.1) is 21.5 Å². The molecular formula is C24H27N5O3S. The van der Waals surface area contributed by atoms with Crippen molar-refractivity contribution in [2.24, 2.45) is 0 Å². The molecule has 9 heteroatoms. The lowest BCUT2D eigenvalue weighted by atomic mass is 10.0. The Hall–Kier alpha value is -3.33. The summed E-state index contributed by atoms with van der Waals surface area (Å²) in [5.41, 5.74) is 1.36. The van der Waals surface area contributed by atoms with E-state index in [-0.39, 0.29) is 28.9 Å². The maximum Gasteiger partial charge on any atom is 0.270 e. The Balaban J connectivity index is 1.79. The van der Waals surface area contributed by atoms with Crippen molar-refractivity contribution in [1.82, 2.24) is 24.7 Å². The Kier molecular flexibility index (Phi) is 6.98. The monoisotopic (exact) mass is 465 g/mol. The van der Waals surface area contributed by atoms with Crippen molar-refractivity contribution in [3.05, 3.63) is 74.0 Å². The average molecular weight is 466 g/mol. The minimum absolute atomic E-state index is 0.0364. The van der Waals surface area contributed by atoms with Gasteiger partial charge in [0.2, 0.25) is 11.8 Å². The van der Waals surface area contributed by atoms with Crippen LogP contribution in [0.1, 0.15) is 67.1 Å². The molecule has 1 atom stereocenters. The van der Waals surface area contributed by atoms with E-state index in [2.05, 4.69) is 27.1 Å². The second-order valence-corrected chi connectivity index (χ2v) is 8.94. The molecule has 1 N–H and O–H groups in total. The molecule has 1 aromatic carbocycles. The van der Waals surface area contributed by atoms with Crippen LogP contribution >= 0.6 is 11.3 Å². The van der Waals surface area contributed by atoms with E-state index in [1.807, 2.05) is 49.6 Å². The van der Waals surface area contributed by atoms with Gasteiger partial charge in [-0.25, -0.2) is 4.98 Å². The summed E-state index contributed by atoms with van der Waals surface area (Å²) in [6.45, 7) is 6.03. The lowest BCUT2D eigenvalue weighted by Crippen LogP contribution is -2.31. The first-order valence-corrected chi connectivity index (χ1v) is 12.0. The Morgan fingerprint density at radius 3 is 2.61 bits per heavy atom. The summed E-state index contributed by atoms with van der Waals surface area (Å²) in [6, 6.07) is 9.62. The fourth-order valence-corrected chi connectivity index (χ4v) is 4.51. The molecule has 33 heavy (non-hydrogen) atoms. The zero-order valence-corrected chi connectivity index (χ0v) is 19.8. The van der Waals surface area contributed by atoms with Gasteiger partial charge in [-0.1, -0.05) is 50.6 Å². The molecule has 8 nitrogen and oxygen atoms in total. The largest absolute Gasteiger partial charge is 0.493 e. The second-order valence-electron chi connectivity index (χ2n) is 7.88. The summed E-state index contributed by atoms with van der Waals surface area (Å²) in [7, 11) is 0. The fraction of sp³-hybridized carbons (Fsp3) is 0.375. The summed E-state index contributed by atoms with van der Waals surface area (Å²) in [6.07, 6.45) is 3.43. The smallest absolute Gasteiger partial charge is 0.270 e. The summed E-state index contributed by atoms with van der Waals surface area (Å²) in [5, 5.41) is 21.7. The number of thiazole rings is 1. The quantitative estimate of drug-likeness (QED) is 0.382. The minimum Gasteiger partial charge on any atom is -0.493 e. The van der Waals surface area contributed by atoms with Gasteiger partial charge in [0.15, 0.2) is 5.56 Å². The summed E-state index contributed by atoms with van der Waals surface area (Å²) >= 11 is 1.54. The number of aryl methyl sites for hydroxylation is 2. The molecule has 0 amide bonds. The van der Waals surface area contributed by atoms with Crippen molar-refractivity contribution in [1.29, 1.82) is 0 Å². The van der Waals surface area contributed by atoms with E-state index in [4.69, 9.17) is 4.42 Å². The maximum atomic E-state index is 13.7. The number of nitrogens with zero attached hydrogens (tertiary/aromatic N) is 5. The topological polar surface area (TPSA) is 107 Å². The predicted molar refractivity (Wildman–Crippen MR) is 127 cm³/mol. The van der Waals surface area contributed by atoms with E-state index in [1.165, 1.54) is 0 Å². The fourth-order valence-electron chi connectivity index (χ4n) is 3.90. The standard InChI is InChI=1S/C24H27N5O3S/c1-4-6-12-19-26-22(30)21(23-28-27-20(32-23)13-17-14-33-15(3)25-17)24(31)29(19)18(5-2)16-10-8-7-9-11-16/h7-11,14,18,30H,4-6,12-13H2,1-3H3/t18-/m1/s1. The molecule has 0 aliphatic rings. The van der Waals surface area contributed by atoms with E-state index in [1.54, 1.807) is 15.9 Å². The molecule has 0 saturated carbocycles. The van der Waals surface area contributed by atoms with Gasteiger partial charge in [-0.3, -0.25) is 9.36 Å². The third-order valence-corrected chi connectivity index (χ3v) is 6.31. The molecular weight excluding hydrogens is 438 g/mol. The zero-order valence-electron chi connectivity index (χ0n) is 19.0. The Bertz CT molecular complexity index is 1280. The Labute approximate surface area is 196 Å². The molecule has 0 saturated heterocycles. The number of hydrogen-bond donors (Lipinski definition) is 1. The number of unbranched alkanes of at least 4 members (excludes halogenated alkanes) is 1. The molecule has 0 unspecified atom stereocenters. The molecule has 0 aliphatic heterocycles. The highest BCUT2D eigenvalue weighted by molar-refractivity contribution is 7.09. The second kappa shape index (κ2) is 10.1. The highest BCUT2D eigenvalue weighted by Gasteiger charge is 2.26. The molecule has 3 heterocycles. The molecule has 3 aromatic heterocycles. The predicted octanol–water partition coefficient (Wildman–Crippen LogP) is 4.70. The lowest BCUT2D eigenvalue weighted by Gasteiger charge is -2.23. The first-order chi connectivity index (χ1) is 16.0. The van der Waals surface area contributed by atoms with Gasteiger partial charge in [0, 0.05) is 11.8 Å². The lowest BCUT2D eigenvalue weighted by molar-refractivity contribution is 0.425. The van der Waals surface area contributed by atoms with Crippen LogP contribution in [-0.4, -0.2) is 29.8 Å². The van der Waals surface area contributed by atoms with Crippen LogP contribution < -0.4 is 5.56 Å². The van der Waals surface area contributed by atoms with Gasteiger partial charge in [-0.2, -0.15) is 4.98 Å². The van der Waals surface area contributed by atoms with Crippen LogP contribution in [0.5, 0.6) is 5.88 Å². The van der Waals surface area contributed by atoms with Gasteiger partial charge in [0.05, 0.1) is 23.2 Å². The van der Waals surface area contributed by atoms with Crippen LogP contribution in [0.3, 0.4) is 0 Å². The number of hydrogen-bond acceptors (Lipinski definition) is 8. The van der Waals surface area contributed by atoms with Crippen molar-refractivity contribution < 1.29 is 9.52 Å². The van der Waals surface area contributed by atoms with Crippen molar-refractivity contribution >= 4 is 11.3 Å². The van der Waals surface area contributed by atoms with Gasteiger partial charge in [0.1, 0.15) is 5.82 Å². The normalized spacial score (nSPS) is 12.2. The minimum atomic E-state index is -0.385. The van der Waals surface area contributed by atoms with Gasteiger partial charge in [0.25, 0.3) is 11.4 Å². The number of benzene rings is 1. The third kappa shape index (κ3) is 4.88. The van der Waals surface area contributed by atoms with Crippen LogP contribution in [-0.2, 0) is 12.8 Å². The molecule has 4 rings (SSSR count). The van der Waals surface area contributed by atoms with Crippen molar-refractivity contribution in [3.63, 3.8) is 0 Å². The number of rotatable bonds is 9. The zero-order chi connectivity index (χ0) is 23.4. The van der Waals surface area contributed by atoms with E-state index < -0.39 is 0 Å². The van der Waals surface area contributed by atoms with Gasteiger partial charge < -0.3 is 9.52 Å². The number of aromatic nitrogens is 5. The van der Waals surface area contributed by atoms with Crippen LogP contribution in [0, 0.1) is 6.92 Å². The third-order valence-electron chi connectivity index (χ3n) is 5.49. The summed E-state index contributed by atoms with van der Waals surface area (Å²) in [4.78, 5) is 22.6. The molecule has 0 spiro atoms. The van der Waals surface area contributed by atoms with Crippen LogP contribution in [0.4, 0.5) is 0 Å². The van der Waals surface area contributed by atoms with Gasteiger partial charge >= 0.3 is 0 Å². The first kappa shape index (κ1) is 22.8. The number of aromatic hydroxyl groups is 1. The van der Waals surface area contributed by atoms with E-state index >= 15 is 0 Å². The van der Waals surface area contributed by atoms with E-state index in [0.29, 0.717) is 31.0 Å². The summed E-state index contributed by atoms with van der Waals surface area (Å²) < 4.78 is 7.44. The molecule has 0 bridgehead atoms. The highest BCUT2D eigenvalue weighted by Crippen LogP contribution is 2.28. The first-order valence-electron chi connectivity index (χ1n) is 11.1. The highest BCUT2D eigenvalue weighted by atomic mass is 32.1. The average Bonchev–Trinajstić information content (AvgIpc) is 3.44. The van der Waals surface area contributed by atoms with Crippen LogP contribution in [0.2, 0.25) is 0 Å². The van der Waals surface area contributed by atoms with Gasteiger partial charge in [-0.05, 0) is 25.3 Å². The van der Waals surface area contributed by atoms with E-state index in [9.17, 15) is 9.90 Å². The van der Waals surface area contributed by atoms with Crippen molar-refractivity contribution in [2.75, 3.05) is 0 Å². The van der Waals surface area contributed by atoms with Crippen molar-refractivity contribution in [3.8, 4) is 17.3 Å². The molecule has 0 fully saturated rings. The SMILES string of the molecule is CCCCc1nc(O)c(-c2nnc(Cc3csc(C)n3)o2)c(=O)n1[C@H](CC)c1ccccc1. The van der Waals surface area contributed by atoms with E-state index in [0.717, 1.165) is 29.1 Å².